The number of benzene rings is 1. The number of hydrogen-bond acceptors (Lipinski definition) is 4. The average molecular weight is 434 g/mol. The summed E-state index contributed by atoms with van der Waals surface area (Å²) in [5.41, 5.74) is 1.55. The second kappa shape index (κ2) is 9.75. The van der Waals surface area contributed by atoms with Crippen LogP contribution in [0.5, 0.6) is 0 Å². The Morgan fingerprint density at radius 2 is 2.19 bits per heavy atom. The van der Waals surface area contributed by atoms with E-state index in [1.165, 1.54) is 0 Å². The molecule has 0 bridgehead atoms. The molecule has 0 radical (unpaired) electrons. The molecule has 1 aliphatic carbocycles. The number of nitrogens with one attached hydrogen (secondary N) is 2. The van der Waals surface area contributed by atoms with Crippen LogP contribution in [-0.4, -0.2) is 40.8 Å². The molecule has 1 saturated carbocycles. The topological polar surface area (TPSA) is 68.2 Å². The van der Waals surface area contributed by atoms with Crippen molar-refractivity contribution in [1.82, 2.24) is 14.9 Å². The van der Waals surface area contributed by atoms with Crippen LogP contribution in [-0.2, 0) is 9.53 Å². The highest BCUT2D eigenvalue weighted by Crippen LogP contribution is 2.30. The summed E-state index contributed by atoms with van der Waals surface area (Å²) in [6, 6.07) is 5.81. The van der Waals surface area contributed by atoms with Crippen LogP contribution in [0.25, 0.3) is 5.69 Å². The van der Waals surface area contributed by atoms with Gasteiger partial charge in [-0.3, -0.25) is 4.79 Å². The molecule has 148 valence electrons. The van der Waals surface area contributed by atoms with E-state index in [0.29, 0.717) is 10.7 Å². The van der Waals surface area contributed by atoms with Gasteiger partial charge in [-0.15, -0.1) is 24.8 Å². The van der Waals surface area contributed by atoms with Crippen molar-refractivity contribution < 1.29 is 9.53 Å². The predicted octanol–water partition coefficient (Wildman–Crippen LogP) is 3.46. The molecule has 0 unspecified atom stereocenters. The minimum absolute atomic E-state index is 0. The first-order valence-electron chi connectivity index (χ1n) is 8.64. The predicted molar refractivity (Wildman–Crippen MR) is 111 cm³/mol. The molecule has 0 spiro atoms. The van der Waals surface area contributed by atoms with E-state index in [1.807, 2.05) is 22.9 Å². The van der Waals surface area contributed by atoms with Crippen LogP contribution in [0, 0.1) is 5.92 Å². The van der Waals surface area contributed by atoms with Gasteiger partial charge in [-0.2, -0.15) is 0 Å². The molecular weight excluding hydrogens is 411 g/mol. The van der Waals surface area contributed by atoms with E-state index in [2.05, 4.69) is 15.6 Å². The third-order valence-corrected chi connectivity index (χ3v) is 5.30. The molecule has 3 atom stereocenters. The van der Waals surface area contributed by atoms with Crippen LogP contribution >= 0.6 is 36.4 Å². The number of fused-ring (bicyclic) bond motifs is 1. The van der Waals surface area contributed by atoms with Crippen molar-refractivity contribution in [2.75, 3.05) is 18.5 Å². The van der Waals surface area contributed by atoms with E-state index >= 15 is 0 Å². The van der Waals surface area contributed by atoms with Crippen LogP contribution in [0.4, 0.5) is 5.69 Å². The molecule has 4 rings (SSSR count). The molecule has 2 aliphatic rings. The second-order valence-electron chi connectivity index (χ2n) is 6.61. The average Bonchev–Trinajstić information content (AvgIpc) is 3.15. The van der Waals surface area contributed by atoms with Gasteiger partial charge in [0.05, 0.1) is 29.7 Å². The molecule has 2 heterocycles. The molecule has 27 heavy (non-hydrogen) atoms. The highest BCUT2D eigenvalue weighted by atomic mass is 35.5. The number of amides is 1. The Bertz CT molecular complexity index is 757. The third kappa shape index (κ3) is 4.95. The lowest BCUT2D eigenvalue weighted by Gasteiger charge is -2.39. The van der Waals surface area contributed by atoms with Crippen LogP contribution in [0.1, 0.15) is 19.3 Å². The number of anilines is 1. The maximum atomic E-state index is 12.6. The SMILES string of the molecule is Cl.Cl.O=C(Nc1ccc(-n2ccnc2)c(Cl)c1)[C@H]1CC[C@H]2OCCN[C@@H]2C1. The summed E-state index contributed by atoms with van der Waals surface area (Å²) >= 11 is 6.35. The lowest BCUT2D eigenvalue weighted by Crippen LogP contribution is -2.52. The first-order valence-corrected chi connectivity index (χ1v) is 9.02. The van der Waals surface area contributed by atoms with E-state index in [-0.39, 0.29) is 48.8 Å². The van der Waals surface area contributed by atoms with Crippen molar-refractivity contribution in [3.63, 3.8) is 0 Å². The van der Waals surface area contributed by atoms with Gasteiger partial charge in [-0.1, -0.05) is 11.6 Å². The van der Waals surface area contributed by atoms with E-state index in [4.69, 9.17) is 16.3 Å². The number of nitrogens with zero attached hydrogens (tertiary/aromatic N) is 2. The summed E-state index contributed by atoms with van der Waals surface area (Å²) < 4.78 is 7.61. The summed E-state index contributed by atoms with van der Waals surface area (Å²) in [7, 11) is 0. The number of imidazole rings is 1. The van der Waals surface area contributed by atoms with E-state index in [0.717, 1.165) is 38.1 Å². The minimum Gasteiger partial charge on any atom is -0.375 e. The maximum absolute atomic E-state index is 12.6. The van der Waals surface area contributed by atoms with Gasteiger partial charge in [0.25, 0.3) is 0 Å². The lowest BCUT2D eigenvalue weighted by molar-refractivity contribution is -0.123. The lowest BCUT2D eigenvalue weighted by atomic mass is 9.82. The number of hydrogen-bond donors (Lipinski definition) is 2. The Balaban J connectivity index is 0.00000131. The van der Waals surface area contributed by atoms with E-state index in [9.17, 15) is 4.79 Å². The van der Waals surface area contributed by atoms with Crippen molar-refractivity contribution in [1.29, 1.82) is 0 Å². The molecule has 9 heteroatoms. The first-order chi connectivity index (χ1) is 12.2. The Hall–Kier alpha value is -1.31. The molecule has 1 amide bonds. The minimum atomic E-state index is 0. The Labute approximate surface area is 175 Å². The van der Waals surface area contributed by atoms with Crippen LogP contribution < -0.4 is 10.6 Å². The van der Waals surface area contributed by atoms with Gasteiger partial charge in [0.1, 0.15) is 0 Å². The number of rotatable bonds is 3. The van der Waals surface area contributed by atoms with Gasteiger partial charge in [0.2, 0.25) is 5.91 Å². The molecular formula is C18H23Cl3N4O2. The van der Waals surface area contributed by atoms with Crippen molar-refractivity contribution in [3.05, 3.63) is 41.9 Å². The van der Waals surface area contributed by atoms with Gasteiger partial charge in [0, 0.05) is 36.6 Å². The monoisotopic (exact) mass is 432 g/mol. The standard InChI is InChI=1S/C18H21ClN4O2.2ClH/c19-14-10-13(2-3-16(14)23-7-5-20-11-23)22-18(24)12-1-4-17-15(9-12)21-6-8-25-17;;/h2-3,5,7,10-12,15,17,21H,1,4,6,8-9H2,(H,22,24);2*1H/t12-,15+,17+;;/m0../s1. The molecule has 1 aromatic heterocycles. The largest absolute Gasteiger partial charge is 0.375 e. The molecule has 2 fully saturated rings. The summed E-state index contributed by atoms with van der Waals surface area (Å²) in [5, 5.41) is 7.04. The molecule has 1 aromatic carbocycles. The summed E-state index contributed by atoms with van der Waals surface area (Å²) in [4.78, 5) is 16.7. The van der Waals surface area contributed by atoms with Crippen molar-refractivity contribution >= 4 is 48.0 Å². The van der Waals surface area contributed by atoms with Crippen molar-refractivity contribution in [2.45, 2.75) is 31.4 Å². The zero-order valence-electron chi connectivity index (χ0n) is 14.6. The summed E-state index contributed by atoms with van der Waals surface area (Å²) in [6.07, 6.45) is 8.07. The van der Waals surface area contributed by atoms with Crippen LogP contribution in [0.2, 0.25) is 5.02 Å². The highest BCUT2D eigenvalue weighted by Gasteiger charge is 2.35. The van der Waals surface area contributed by atoms with E-state index in [1.54, 1.807) is 18.6 Å². The summed E-state index contributed by atoms with van der Waals surface area (Å²) in [5.74, 6) is 0.0554. The quantitative estimate of drug-likeness (QED) is 0.778. The van der Waals surface area contributed by atoms with Crippen molar-refractivity contribution in [2.24, 2.45) is 5.92 Å². The number of ether oxygens (including phenoxy) is 1. The molecule has 2 aromatic rings. The van der Waals surface area contributed by atoms with Gasteiger partial charge >= 0.3 is 0 Å². The molecule has 6 nitrogen and oxygen atoms in total. The fourth-order valence-corrected chi connectivity index (χ4v) is 3.97. The molecule has 1 saturated heterocycles. The van der Waals surface area contributed by atoms with Crippen LogP contribution in [0.15, 0.2) is 36.9 Å². The number of morpholine rings is 1. The van der Waals surface area contributed by atoms with E-state index < -0.39 is 0 Å². The van der Waals surface area contributed by atoms with Crippen LogP contribution in [0.3, 0.4) is 0 Å². The van der Waals surface area contributed by atoms with Gasteiger partial charge in [-0.05, 0) is 37.5 Å². The van der Waals surface area contributed by atoms with Gasteiger partial charge in [-0.25, -0.2) is 4.98 Å². The number of aromatic nitrogens is 2. The van der Waals surface area contributed by atoms with Gasteiger partial charge < -0.3 is 19.9 Å². The third-order valence-electron chi connectivity index (χ3n) is 5.00. The Morgan fingerprint density at radius 1 is 1.33 bits per heavy atom. The van der Waals surface area contributed by atoms with Crippen molar-refractivity contribution in [3.8, 4) is 5.69 Å². The second-order valence-corrected chi connectivity index (χ2v) is 7.01. The Morgan fingerprint density at radius 3 is 2.93 bits per heavy atom. The highest BCUT2D eigenvalue weighted by molar-refractivity contribution is 6.32. The zero-order chi connectivity index (χ0) is 17.2. The molecule has 1 aliphatic heterocycles. The smallest absolute Gasteiger partial charge is 0.227 e. The Kier molecular flexibility index (Phi) is 7.94. The first kappa shape index (κ1) is 22.0. The maximum Gasteiger partial charge on any atom is 0.227 e. The fourth-order valence-electron chi connectivity index (χ4n) is 3.69. The number of carbonyl (C=O) groups is 1. The normalized spacial score (nSPS) is 24.1. The zero-order valence-corrected chi connectivity index (χ0v) is 17.0. The van der Waals surface area contributed by atoms with Gasteiger partial charge in [0.15, 0.2) is 0 Å². The number of halogens is 3. The molecule has 2 N–H and O–H groups in total. The fraction of sp³-hybridized carbons (Fsp3) is 0.444. The number of carbonyl (C=O) groups excluding carboxylic acids is 1. The summed E-state index contributed by atoms with van der Waals surface area (Å²) in [6.45, 7) is 1.63.